The van der Waals surface area contributed by atoms with Gasteiger partial charge in [0.15, 0.2) is 0 Å². The van der Waals surface area contributed by atoms with E-state index in [2.05, 4.69) is 56.8 Å². The van der Waals surface area contributed by atoms with Crippen molar-refractivity contribution < 1.29 is 0 Å². The molecule has 98 valence electrons. The number of hydrogen-bond donors (Lipinski definition) is 0. The first-order valence-corrected chi connectivity index (χ1v) is 6.95. The molecule has 0 N–H and O–H groups in total. The minimum Gasteiger partial charge on any atom is -0.307 e. The van der Waals surface area contributed by atoms with Gasteiger partial charge in [-0.1, -0.05) is 18.2 Å². The van der Waals surface area contributed by atoms with Crippen molar-refractivity contribution >= 4 is 38.4 Å². The number of aromatic nitrogens is 3. The number of rotatable bonds is 0. The van der Waals surface area contributed by atoms with Crippen LogP contribution >= 0.6 is 0 Å². The molecule has 3 nitrogen and oxygen atoms in total. The Hall–Kier alpha value is -2.94. The van der Waals surface area contributed by atoms with Gasteiger partial charge < -0.3 is 4.40 Å². The zero-order valence-corrected chi connectivity index (χ0v) is 11.2. The Morgan fingerprint density at radius 1 is 0.667 bits per heavy atom. The SMILES string of the molecule is c1ccc2c(c1)cc1c3cccnc3c3ncccc3n21. The highest BCUT2D eigenvalue weighted by Gasteiger charge is 2.12. The highest BCUT2D eigenvalue weighted by molar-refractivity contribution is 6.12. The molecule has 0 aliphatic rings. The number of benzene rings is 1. The molecule has 0 aliphatic heterocycles. The molecular formula is C18H11N3. The van der Waals surface area contributed by atoms with Gasteiger partial charge in [0.1, 0.15) is 11.0 Å². The van der Waals surface area contributed by atoms with E-state index in [-0.39, 0.29) is 0 Å². The maximum atomic E-state index is 4.56. The first-order chi connectivity index (χ1) is 10.4. The zero-order chi connectivity index (χ0) is 13.8. The fourth-order valence-corrected chi connectivity index (χ4v) is 3.17. The van der Waals surface area contributed by atoms with Crippen LogP contribution in [0, 0.1) is 0 Å². The molecule has 1 aromatic carbocycles. The zero-order valence-electron chi connectivity index (χ0n) is 11.2. The molecule has 0 bridgehead atoms. The molecule has 0 saturated carbocycles. The molecular weight excluding hydrogens is 258 g/mol. The van der Waals surface area contributed by atoms with E-state index in [9.17, 15) is 0 Å². The van der Waals surface area contributed by atoms with E-state index in [4.69, 9.17) is 0 Å². The van der Waals surface area contributed by atoms with Crippen molar-refractivity contribution in [1.29, 1.82) is 0 Å². The van der Waals surface area contributed by atoms with Crippen molar-refractivity contribution in [2.45, 2.75) is 0 Å². The summed E-state index contributed by atoms with van der Waals surface area (Å²) in [6.07, 6.45) is 3.66. The number of para-hydroxylation sites is 1. The molecule has 5 rings (SSSR count). The van der Waals surface area contributed by atoms with Crippen LogP contribution in [0.4, 0.5) is 0 Å². The van der Waals surface area contributed by atoms with E-state index >= 15 is 0 Å². The number of fused-ring (bicyclic) bond motifs is 8. The third kappa shape index (κ3) is 1.32. The normalized spacial score (nSPS) is 11.8. The number of nitrogens with zero attached hydrogens (tertiary/aromatic N) is 3. The van der Waals surface area contributed by atoms with Crippen LogP contribution in [0.3, 0.4) is 0 Å². The van der Waals surface area contributed by atoms with Crippen LogP contribution in [0.2, 0.25) is 0 Å². The first-order valence-electron chi connectivity index (χ1n) is 6.95. The van der Waals surface area contributed by atoms with Gasteiger partial charge in [0.25, 0.3) is 0 Å². The molecule has 21 heavy (non-hydrogen) atoms. The van der Waals surface area contributed by atoms with Crippen LogP contribution in [0.25, 0.3) is 38.4 Å². The van der Waals surface area contributed by atoms with Crippen molar-refractivity contribution in [3.8, 4) is 0 Å². The lowest BCUT2D eigenvalue weighted by molar-refractivity contribution is 1.29. The molecule has 0 spiro atoms. The van der Waals surface area contributed by atoms with E-state index in [1.54, 1.807) is 0 Å². The molecule has 0 radical (unpaired) electrons. The number of hydrogen-bond acceptors (Lipinski definition) is 2. The first kappa shape index (κ1) is 10.8. The van der Waals surface area contributed by atoms with Gasteiger partial charge in [-0.25, -0.2) is 0 Å². The molecule has 3 heteroatoms. The smallest absolute Gasteiger partial charge is 0.113 e. The molecule has 0 amide bonds. The summed E-state index contributed by atoms with van der Waals surface area (Å²) in [6.45, 7) is 0. The van der Waals surface area contributed by atoms with Crippen LogP contribution in [-0.2, 0) is 0 Å². The summed E-state index contributed by atoms with van der Waals surface area (Å²) < 4.78 is 2.28. The predicted molar refractivity (Wildman–Crippen MR) is 85.5 cm³/mol. The Labute approximate surface area is 120 Å². The topological polar surface area (TPSA) is 30.2 Å². The lowest BCUT2D eigenvalue weighted by atomic mass is 10.2. The van der Waals surface area contributed by atoms with Crippen molar-refractivity contribution in [1.82, 2.24) is 14.4 Å². The Kier molecular flexibility index (Phi) is 1.95. The molecule has 0 aliphatic carbocycles. The highest BCUT2D eigenvalue weighted by atomic mass is 14.9. The van der Waals surface area contributed by atoms with Crippen LogP contribution < -0.4 is 0 Å². The molecule has 0 fully saturated rings. The van der Waals surface area contributed by atoms with Gasteiger partial charge in [0.2, 0.25) is 0 Å². The minimum absolute atomic E-state index is 0.946. The van der Waals surface area contributed by atoms with Crippen LogP contribution in [0.5, 0.6) is 0 Å². The quantitative estimate of drug-likeness (QED) is 0.395. The van der Waals surface area contributed by atoms with Crippen molar-refractivity contribution in [3.05, 3.63) is 67.0 Å². The largest absolute Gasteiger partial charge is 0.307 e. The lowest BCUT2D eigenvalue weighted by Crippen LogP contribution is -1.93. The van der Waals surface area contributed by atoms with E-state index < -0.39 is 0 Å². The summed E-state index contributed by atoms with van der Waals surface area (Å²) in [5.74, 6) is 0. The van der Waals surface area contributed by atoms with E-state index in [1.165, 1.54) is 16.4 Å². The van der Waals surface area contributed by atoms with Crippen molar-refractivity contribution in [2.75, 3.05) is 0 Å². The van der Waals surface area contributed by atoms with Gasteiger partial charge in [-0.3, -0.25) is 9.97 Å². The van der Waals surface area contributed by atoms with Gasteiger partial charge in [-0.05, 0) is 36.4 Å². The van der Waals surface area contributed by atoms with Crippen molar-refractivity contribution in [3.63, 3.8) is 0 Å². The van der Waals surface area contributed by atoms with Gasteiger partial charge in [0, 0.05) is 23.2 Å². The molecule has 0 saturated heterocycles. The molecule has 0 atom stereocenters. The monoisotopic (exact) mass is 269 g/mol. The maximum Gasteiger partial charge on any atom is 0.113 e. The second-order valence-electron chi connectivity index (χ2n) is 5.19. The lowest BCUT2D eigenvalue weighted by Gasteiger charge is -2.07. The summed E-state index contributed by atoms with van der Waals surface area (Å²) in [5, 5.41) is 2.37. The van der Waals surface area contributed by atoms with Crippen molar-refractivity contribution in [2.24, 2.45) is 0 Å². The standard InChI is InChI=1S/C18H11N3/c1-2-7-14-12(5-1)11-16-13-6-3-9-19-17(13)18-15(21(14)16)8-4-10-20-18/h1-11H. The predicted octanol–water partition coefficient (Wildman–Crippen LogP) is 4.19. The summed E-state index contributed by atoms with van der Waals surface area (Å²) >= 11 is 0. The van der Waals surface area contributed by atoms with Crippen LogP contribution in [0.15, 0.2) is 67.0 Å². The summed E-state index contributed by atoms with van der Waals surface area (Å²) in [5.41, 5.74) is 5.39. The fourth-order valence-electron chi connectivity index (χ4n) is 3.17. The molecule has 4 aromatic heterocycles. The van der Waals surface area contributed by atoms with E-state index in [1.807, 2.05) is 24.5 Å². The molecule has 5 aromatic rings. The van der Waals surface area contributed by atoms with Gasteiger partial charge >= 0.3 is 0 Å². The van der Waals surface area contributed by atoms with Crippen LogP contribution in [0.1, 0.15) is 0 Å². The minimum atomic E-state index is 0.946. The third-order valence-electron chi connectivity index (χ3n) is 4.05. The second-order valence-corrected chi connectivity index (χ2v) is 5.19. The molecule has 4 heterocycles. The van der Waals surface area contributed by atoms with Crippen LogP contribution in [-0.4, -0.2) is 14.4 Å². The van der Waals surface area contributed by atoms with Gasteiger partial charge in [0.05, 0.1) is 16.6 Å². The van der Waals surface area contributed by atoms with Gasteiger partial charge in [-0.15, -0.1) is 0 Å². The Bertz CT molecular complexity index is 1140. The van der Waals surface area contributed by atoms with E-state index in [0.717, 1.165) is 21.9 Å². The Morgan fingerprint density at radius 3 is 2.38 bits per heavy atom. The van der Waals surface area contributed by atoms with E-state index in [0.29, 0.717) is 0 Å². The molecule has 0 unspecified atom stereocenters. The highest BCUT2D eigenvalue weighted by Crippen LogP contribution is 2.31. The second kappa shape index (κ2) is 3.79. The average molecular weight is 269 g/mol. The summed E-state index contributed by atoms with van der Waals surface area (Å²) in [4.78, 5) is 9.12. The van der Waals surface area contributed by atoms with Gasteiger partial charge in [-0.2, -0.15) is 0 Å². The Balaban J connectivity index is 2.25. The number of pyridine rings is 3. The fraction of sp³-hybridized carbons (Fsp3) is 0. The third-order valence-corrected chi connectivity index (χ3v) is 4.05. The maximum absolute atomic E-state index is 4.56. The summed E-state index contributed by atoms with van der Waals surface area (Å²) in [6, 6.07) is 18.9. The average Bonchev–Trinajstić information content (AvgIpc) is 2.95. The summed E-state index contributed by atoms with van der Waals surface area (Å²) in [7, 11) is 0. The Morgan fingerprint density at radius 2 is 1.43 bits per heavy atom.